The van der Waals surface area contributed by atoms with E-state index in [1.807, 2.05) is 32.0 Å². The molecular formula is C31H45N5O6. The fraction of sp³-hybridized carbons (Fsp3) is 0.581. The van der Waals surface area contributed by atoms with Crippen molar-refractivity contribution in [3.63, 3.8) is 0 Å². The maximum absolute atomic E-state index is 13.3. The molecule has 3 rings (SSSR count). The average Bonchev–Trinajstić information content (AvgIpc) is 2.97. The second-order valence-electron chi connectivity index (χ2n) is 12.0. The summed E-state index contributed by atoms with van der Waals surface area (Å²) in [5.41, 5.74) is 2.76. The first-order valence-electron chi connectivity index (χ1n) is 14.7. The molecule has 0 aliphatic carbocycles. The molecule has 11 nitrogen and oxygen atoms in total. The third-order valence-corrected chi connectivity index (χ3v) is 7.55. The molecule has 0 spiro atoms. The highest BCUT2D eigenvalue weighted by molar-refractivity contribution is 5.93. The first kappa shape index (κ1) is 32.9. The second-order valence-corrected chi connectivity index (χ2v) is 12.0. The molecule has 0 saturated carbocycles. The summed E-state index contributed by atoms with van der Waals surface area (Å²) in [6.45, 7) is 12.6. The van der Waals surface area contributed by atoms with E-state index in [-0.39, 0.29) is 30.1 Å². The van der Waals surface area contributed by atoms with Gasteiger partial charge in [0.2, 0.25) is 17.7 Å². The zero-order valence-electron chi connectivity index (χ0n) is 25.7. The van der Waals surface area contributed by atoms with Gasteiger partial charge in [-0.3, -0.25) is 24.2 Å². The molecule has 2 aromatic rings. The lowest BCUT2D eigenvalue weighted by molar-refractivity contribution is -0.143. The quantitative estimate of drug-likeness (QED) is 0.298. The summed E-state index contributed by atoms with van der Waals surface area (Å²) >= 11 is 0. The van der Waals surface area contributed by atoms with Gasteiger partial charge in [-0.15, -0.1) is 0 Å². The molecule has 0 bridgehead atoms. The van der Waals surface area contributed by atoms with Crippen molar-refractivity contribution in [1.29, 1.82) is 0 Å². The van der Waals surface area contributed by atoms with E-state index in [0.29, 0.717) is 31.7 Å². The van der Waals surface area contributed by atoms with E-state index < -0.39 is 35.6 Å². The first-order valence-corrected chi connectivity index (χ1v) is 14.7. The molecule has 2 heterocycles. The zero-order chi connectivity index (χ0) is 31.2. The van der Waals surface area contributed by atoms with Crippen LogP contribution in [0.1, 0.15) is 79.4 Å². The summed E-state index contributed by atoms with van der Waals surface area (Å²) in [4.78, 5) is 56.0. The van der Waals surface area contributed by atoms with Crippen molar-refractivity contribution >= 4 is 34.3 Å². The molecule has 1 aliphatic rings. The highest BCUT2D eigenvalue weighted by Crippen LogP contribution is 2.24. The number of hydrazine groups is 1. The molecule has 0 radical (unpaired) electrons. The van der Waals surface area contributed by atoms with E-state index in [9.17, 15) is 24.3 Å². The Morgan fingerprint density at radius 3 is 2.48 bits per heavy atom. The second kappa shape index (κ2) is 14.1. The van der Waals surface area contributed by atoms with E-state index >= 15 is 0 Å². The van der Waals surface area contributed by atoms with Crippen molar-refractivity contribution in [3.05, 3.63) is 36.0 Å². The molecule has 3 amide bonds. The summed E-state index contributed by atoms with van der Waals surface area (Å²) < 4.78 is 5.88. The van der Waals surface area contributed by atoms with Crippen LogP contribution in [-0.2, 0) is 19.2 Å². The largest absolute Gasteiger partial charge is 0.477 e. The number of carbonyl (C=O) groups excluding carboxylic acids is 4. The van der Waals surface area contributed by atoms with Crippen LogP contribution in [0.5, 0.6) is 5.88 Å². The lowest BCUT2D eigenvalue weighted by atomic mass is 9.92. The van der Waals surface area contributed by atoms with Crippen LogP contribution < -0.4 is 20.8 Å². The van der Waals surface area contributed by atoms with Crippen molar-refractivity contribution in [3.8, 4) is 5.88 Å². The molecule has 11 heteroatoms. The van der Waals surface area contributed by atoms with E-state index in [0.717, 1.165) is 16.3 Å². The van der Waals surface area contributed by atoms with Gasteiger partial charge < -0.3 is 20.5 Å². The Kier molecular flexibility index (Phi) is 11.0. The summed E-state index contributed by atoms with van der Waals surface area (Å²) in [6.07, 6.45) is 2.81. The van der Waals surface area contributed by atoms with E-state index in [1.54, 1.807) is 46.9 Å². The number of pyridine rings is 1. The average molecular weight is 584 g/mol. The van der Waals surface area contributed by atoms with Crippen LogP contribution in [0, 0.1) is 11.3 Å². The van der Waals surface area contributed by atoms with Crippen molar-refractivity contribution in [2.45, 2.75) is 92.0 Å². The summed E-state index contributed by atoms with van der Waals surface area (Å²) in [5.74, 6) is -1.07. The molecule has 1 aliphatic heterocycles. The van der Waals surface area contributed by atoms with Crippen molar-refractivity contribution in [1.82, 2.24) is 26.1 Å². The number of nitrogens with one attached hydrogen (secondary N) is 3. The van der Waals surface area contributed by atoms with Crippen LogP contribution in [0.4, 0.5) is 0 Å². The number of carbonyl (C=O) groups is 4. The fourth-order valence-corrected chi connectivity index (χ4v) is 4.69. The van der Waals surface area contributed by atoms with Gasteiger partial charge in [0.15, 0.2) is 5.78 Å². The molecule has 1 aromatic heterocycles. The Bertz CT molecular complexity index is 1290. The Morgan fingerprint density at radius 2 is 1.83 bits per heavy atom. The predicted molar refractivity (Wildman–Crippen MR) is 159 cm³/mol. The molecular weight excluding hydrogens is 538 g/mol. The number of amides is 3. The Morgan fingerprint density at radius 1 is 1.12 bits per heavy atom. The van der Waals surface area contributed by atoms with Crippen LogP contribution in [0.15, 0.2) is 30.5 Å². The van der Waals surface area contributed by atoms with Crippen molar-refractivity contribution in [2.75, 3.05) is 13.2 Å². The van der Waals surface area contributed by atoms with Gasteiger partial charge in [0.05, 0.1) is 17.6 Å². The number of aliphatic hydroxyl groups excluding tert-OH is 1. The van der Waals surface area contributed by atoms with Gasteiger partial charge in [-0.1, -0.05) is 32.9 Å². The highest BCUT2D eigenvalue weighted by Gasteiger charge is 2.35. The number of aromatic nitrogens is 1. The molecule has 1 fully saturated rings. The van der Waals surface area contributed by atoms with E-state index in [4.69, 9.17) is 4.74 Å². The minimum Gasteiger partial charge on any atom is -0.477 e. The third-order valence-electron chi connectivity index (χ3n) is 7.55. The van der Waals surface area contributed by atoms with Gasteiger partial charge in [0.25, 0.3) is 5.91 Å². The van der Waals surface area contributed by atoms with Crippen molar-refractivity contribution < 1.29 is 29.0 Å². The predicted octanol–water partition coefficient (Wildman–Crippen LogP) is 2.81. The van der Waals surface area contributed by atoms with Gasteiger partial charge >= 0.3 is 0 Å². The lowest BCUT2D eigenvalue weighted by Gasteiger charge is -2.35. The van der Waals surface area contributed by atoms with Crippen LogP contribution in [0.3, 0.4) is 0 Å². The normalized spacial score (nSPS) is 17.8. The molecule has 230 valence electrons. The minimum atomic E-state index is -1.01. The topological polar surface area (TPSA) is 150 Å². The molecule has 4 unspecified atom stereocenters. The Labute approximate surface area is 247 Å². The number of aliphatic hydroxyl groups is 1. The number of ketones is 1. The number of hydrogen-bond acceptors (Lipinski definition) is 8. The van der Waals surface area contributed by atoms with Crippen molar-refractivity contribution in [2.24, 2.45) is 11.3 Å². The van der Waals surface area contributed by atoms with Crippen LogP contribution in [0.25, 0.3) is 10.8 Å². The van der Waals surface area contributed by atoms with E-state index in [1.165, 1.54) is 5.01 Å². The van der Waals surface area contributed by atoms with E-state index in [2.05, 4.69) is 21.0 Å². The highest BCUT2D eigenvalue weighted by atomic mass is 16.5. The molecule has 42 heavy (non-hydrogen) atoms. The molecule has 4 atom stereocenters. The maximum Gasteiger partial charge on any atom is 0.258 e. The number of hydrogen-bond donors (Lipinski definition) is 4. The summed E-state index contributed by atoms with van der Waals surface area (Å²) in [6, 6.07) is 5.20. The standard InChI is InChI=1S/C31H45N5O6/c1-8-25(38)24-10-9-13-36(35-24)29(40)19(4)33-28(39)27(18(2)3)34-30(41)31(6,7)17-42-26-15-23-14-21(20(5)37)11-12-22(23)16-32-26/h11-12,14-16,18-20,24,27,35,37H,8-10,13,17H2,1-7H3,(H,33,39)(H,34,41). The van der Waals surface area contributed by atoms with Gasteiger partial charge in [-0.05, 0) is 63.5 Å². The number of Topliss-reactive ketones (excluding diaryl/α,β-unsaturated/α-hetero) is 1. The number of nitrogens with zero attached hydrogens (tertiary/aromatic N) is 2. The summed E-state index contributed by atoms with van der Waals surface area (Å²) in [7, 11) is 0. The number of ether oxygens (including phenoxy) is 1. The Balaban J connectivity index is 1.60. The fourth-order valence-electron chi connectivity index (χ4n) is 4.69. The minimum absolute atomic E-state index is 0.00698. The smallest absolute Gasteiger partial charge is 0.258 e. The van der Waals surface area contributed by atoms with Gasteiger partial charge in [0.1, 0.15) is 18.7 Å². The first-order chi connectivity index (χ1) is 19.7. The lowest BCUT2D eigenvalue weighted by Crippen LogP contribution is -2.61. The van der Waals surface area contributed by atoms with Gasteiger partial charge in [-0.25, -0.2) is 10.4 Å². The molecule has 4 N–H and O–H groups in total. The zero-order valence-corrected chi connectivity index (χ0v) is 25.7. The summed E-state index contributed by atoms with van der Waals surface area (Å²) in [5, 5.41) is 18.6. The number of rotatable bonds is 12. The van der Waals surface area contributed by atoms with Gasteiger partial charge in [-0.2, -0.15) is 0 Å². The van der Waals surface area contributed by atoms with Crippen LogP contribution in [-0.4, -0.2) is 69.9 Å². The molecule has 1 aromatic carbocycles. The Hall–Kier alpha value is -3.57. The molecule has 1 saturated heterocycles. The SMILES string of the molecule is CCC(=O)C1CCCN(C(=O)C(C)NC(=O)C(NC(=O)C(C)(C)COc2cc3cc(C(C)O)ccc3cn2)C(C)C)N1. The number of fused-ring (bicyclic) bond motifs is 1. The van der Waals surface area contributed by atoms with Crippen LogP contribution >= 0.6 is 0 Å². The third kappa shape index (κ3) is 8.25. The van der Waals surface area contributed by atoms with Crippen LogP contribution in [0.2, 0.25) is 0 Å². The number of benzene rings is 1. The van der Waals surface area contributed by atoms with Gasteiger partial charge in [0, 0.05) is 30.6 Å². The maximum atomic E-state index is 13.3. The monoisotopic (exact) mass is 583 g/mol.